The molecule has 0 aromatic carbocycles. The van der Waals surface area contributed by atoms with Crippen LogP contribution in [0.3, 0.4) is 0 Å². The number of likely N-dealkylation sites (tertiary alicyclic amines) is 1. The molecule has 1 aromatic rings. The number of carbonyl (C=O) groups is 3. The van der Waals surface area contributed by atoms with Gasteiger partial charge < -0.3 is 19.7 Å². The molecule has 1 aromatic heterocycles. The molecule has 2 fully saturated rings. The van der Waals surface area contributed by atoms with E-state index in [0.29, 0.717) is 31.7 Å². The van der Waals surface area contributed by atoms with Crippen LogP contribution in [0.1, 0.15) is 37.9 Å². The zero-order valence-corrected chi connectivity index (χ0v) is 14.1. The normalized spacial score (nSPS) is 19.9. The SMILES string of the molecule is O=C(N[C@@H](Cc1ccco1)C(=O)O)C1CCN(C(=O)C2CCC2)CC1. The number of carboxylic acid groups (broad SMARTS) is 1. The van der Waals surface area contributed by atoms with Crippen molar-refractivity contribution >= 4 is 17.8 Å². The Hall–Kier alpha value is -2.31. The molecule has 2 amide bonds. The molecular formula is C18H24N2O5. The highest BCUT2D eigenvalue weighted by molar-refractivity contribution is 5.85. The van der Waals surface area contributed by atoms with Gasteiger partial charge in [0, 0.05) is 31.3 Å². The van der Waals surface area contributed by atoms with Crippen LogP contribution in [-0.2, 0) is 20.8 Å². The van der Waals surface area contributed by atoms with Crippen molar-refractivity contribution in [2.45, 2.75) is 44.6 Å². The molecule has 136 valence electrons. The fraction of sp³-hybridized carbons (Fsp3) is 0.611. The second-order valence-electron chi connectivity index (χ2n) is 6.91. The number of aliphatic carboxylic acids is 1. The van der Waals surface area contributed by atoms with Crippen molar-refractivity contribution in [1.82, 2.24) is 10.2 Å². The molecule has 7 heteroatoms. The summed E-state index contributed by atoms with van der Waals surface area (Å²) in [6, 6.07) is 2.37. The molecule has 25 heavy (non-hydrogen) atoms. The fourth-order valence-electron chi connectivity index (χ4n) is 3.40. The van der Waals surface area contributed by atoms with Crippen LogP contribution in [0.25, 0.3) is 0 Å². The number of carboxylic acids is 1. The maximum absolute atomic E-state index is 12.4. The van der Waals surface area contributed by atoms with E-state index >= 15 is 0 Å². The molecule has 7 nitrogen and oxygen atoms in total. The Balaban J connectivity index is 1.49. The number of carbonyl (C=O) groups excluding carboxylic acids is 2. The summed E-state index contributed by atoms with van der Waals surface area (Å²) in [4.78, 5) is 37.9. The van der Waals surface area contributed by atoms with Crippen LogP contribution in [-0.4, -0.2) is 46.9 Å². The zero-order valence-electron chi connectivity index (χ0n) is 14.1. The third kappa shape index (κ3) is 4.21. The monoisotopic (exact) mass is 348 g/mol. The van der Waals surface area contributed by atoms with Crippen LogP contribution < -0.4 is 5.32 Å². The Labute approximate surface area is 146 Å². The minimum Gasteiger partial charge on any atom is -0.480 e. The maximum atomic E-state index is 12.4. The van der Waals surface area contributed by atoms with Crippen LogP contribution in [0, 0.1) is 11.8 Å². The van der Waals surface area contributed by atoms with Gasteiger partial charge in [-0.1, -0.05) is 6.42 Å². The largest absolute Gasteiger partial charge is 0.480 e. The average Bonchev–Trinajstić information content (AvgIpc) is 3.05. The zero-order chi connectivity index (χ0) is 17.8. The van der Waals surface area contributed by atoms with Crippen LogP contribution in [0.2, 0.25) is 0 Å². The molecule has 1 aliphatic heterocycles. The molecule has 1 aliphatic carbocycles. The summed E-state index contributed by atoms with van der Waals surface area (Å²) in [5, 5.41) is 11.9. The van der Waals surface area contributed by atoms with Crippen molar-refractivity contribution in [3.63, 3.8) is 0 Å². The van der Waals surface area contributed by atoms with E-state index in [1.165, 1.54) is 6.26 Å². The van der Waals surface area contributed by atoms with Gasteiger partial charge in [0.2, 0.25) is 11.8 Å². The summed E-state index contributed by atoms with van der Waals surface area (Å²) in [7, 11) is 0. The summed E-state index contributed by atoms with van der Waals surface area (Å²) < 4.78 is 5.16. The van der Waals surface area contributed by atoms with Gasteiger partial charge in [0.1, 0.15) is 11.8 Å². The highest BCUT2D eigenvalue weighted by Gasteiger charge is 2.34. The number of hydrogen-bond acceptors (Lipinski definition) is 4. The van der Waals surface area contributed by atoms with E-state index in [4.69, 9.17) is 4.42 Å². The number of nitrogens with one attached hydrogen (secondary N) is 1. The number of amides is 2. The highest BCUT2D eigenvalue weighted by atomic mass is 16.4. The first-order valence-corrected chi connectivity index (χ1v) is 8.89. The van der Waals surface area contributed by atoms with Gasteiger partial charge in [-0.05, 0) is 37.8 Å². The van der Waals surface area contributed by atoms with Crippen molar-refractivity contribution in [2.75, 3.05) is 13.1 Å². The predicted molar refractivity (Wildman–Crippen MR) is 88.6 cm³/mol. The van der Waals surface area contributed by atoms with Gasteiger partial charge in [-0.25, -0.2) is 4.79 Å². The van der Waals surface area contributed by atoms with E-state index in [0.717, 1.165) is 19.3 Å². The molecule has 1 saturated carbocycles. The minimum absolute atomic E-state index is 0.118. The molecule has 2 N–H and O–H groups in total. The first-order valence-electron chi connectivity index (χ1n) is 8.89. The molecular weight excluding hydrogens is 324 g/mol. The lowest BCUT2D eigenvalue weighted by atomic mass is 9.83. The average molecular weight is 348 g/mol. The second-order valence-corrected chi connectivity index (χ2v) is 6.91. The number of hydrogen-bond donors (Lipinski definition) is 2. The van der Waals surface area contributed by atoms with Crippen molar-refractivity contribution in [3.05, 3.63) is 24.2 Å². The third-order valence-corrected chi connectivity index (χ3v) is 5.23. The van der Waals surface area contributed by atoms with E-state index in [1.54, 1.807) is 12.1 Å². The quantitative estimate of drug-likeness (QED) is 0.810. The third-order valence-electron chi connectivity index (χ3n) is 5.23. The van der Waals surface area contributed by atoms with E-state index in [9.17, 15) is 19.5 Å². The van der Waals surface area contributed by atoms with Crippen molar-refractivity contribution < 1.29 is 23.9 Å². The molecule has 0 unspecified atom stereocenters. The first kappa shape index (κ1) is 17.5. The molecule has 0 spiro atoms. The van der Waals surface area contributed by atoms with Crippen LogP contribution in [0.15, 0.2) is 22.8 Å². The number of nitrogens with zero attached hydrogens (tertiary/aromatic N) is 1. The summed E-state index contributed by atoms with van der Waals surface area (Å²) >= 11 is 0. The topological polar surface area (TPSA) is 99.8 Å². The lowest BCUT2D eigenvalue weighted by Gasteiger charge is -2.36. The first-order chi connectivity index (χ1) is 12.0. The number of piperidine rings is 1. The Morgan fingerprint density at radius 2 is 1.92 bits per heavy atom. The molecule has 2 heterocycles. The molecule has 1 saturated heterocycles. The Morgan fingerprint density at radius 3 is 2.44 bits per heavy atom. The summed E-state index contributed by atoms with van der Waals surface area (Å²) in [5.74, 6) is -0.670. The van der Waals surface area contributed by atoms with Crippen molar-refractivity contribution in [2.24, 2.45) is 11.8 Å². The van der Waals surface area contributed by atoms with E-state index in [-0.39, 0.29) is 30.1 Å². The van der Waals surface area contributed by atoms with E-state index < -0.39 is 12.0 Å². The van der Waals surface area contributed by atoms with Gasteiger partial charge in [0.05, 0.1) is 6.26 Å². The van der Waals surface area contributed by atoms with Gasteiger partial charge in [-0.2, -0.15) is 0 Å². The highest BCUT2D eigenvalue weighted by Crippen LogP contribution is 2.30. The molecule has 0 bridgehead atoms. The van der Waals surface area contributed by atoms with Gasteiger partial charge in [-0.15, -0.1) is 0 Å². The molecule has 3 rings (SSSR count). The summed E-state index contributed by atoms with van der Waals surface area (Å²) in [6.07, 6.45) is 5.84. The predicted octanol–water partition coefficient (Wildman–Crippen LogP) is 1.43. The lowest BCUT2D eigenvalue weighted by Crippen LogP contribution is -2.49. The molecule has 1 atom stereocenters. The van der Waals surface area contributed by atoms with E-state index in [1.807, 2.05) is 4.90 Å². The van der Waals surface area contributed by atoms with Crippen LogP contribution >= 0.6 is 0 Å². The van der Waals surface area contributed by atoms with Crippen LogP contribution in [0.4, 0.5) is 0 Å². The maximum Gasteiger partial charge on any atom is 0.326 e. The fourth-order valence-corrected chi connectivity index (χ4v) is 3.40. The summed E-state index contributed by atoms with van der Waals surface area (Å²) in [6.45, 7) is 1.15. The Morgan fingerprint density at radius 1 is 1.20 bits per heavy atom. The number of rotatable bonds is 6. The second kappa shape index (κ2) is 7.72. The van der Waals surface area contributed by atoms with Crippen LogP contribution in [0.5, 0.6) is 0 Å². The van der Waals surface area contributed by atoms with Gasteiger partial charge >= 0.3 is 5.97 Å². The molecule has 2 aliphatic rings. The van der Waals surface area contributed by atoms with Gasteiger partial charge in [0.25, 0.3) is 0 Å². The number of furan rings is 1. The van der Waals surface area contributed by atoms with Crippen molar-refractivity contribution in [3.8, 4) is 0 Å². The smallest absolute Gasteiger partial charge is 0.326 e. The standard InChI is InChI=1S/C18H24N2O5/c21-16(19-15(18(23)24)11-14-5-2-10-25-14)12-6-8-20(9-7-12)17(22)13-3-1-4-13/h2,5,10,12-13,15H,1,3-4,6-9,11H2,(H,19,21)(H,23,24)/t15-/m0/s1. The summed E-state index contributed by atoms with van der Waals surface area (Å²) in [5.41, 5.74) is 0. The van der Waals surface area contributed by atoms with Crippen molar-refractivity contribution in [1.29, 1.82) is 0 Å². The van der Waals surface area contributed by atoms with E-state index in [2.05, 4.69) is 5.32 Å². The Kier molecular flexibility index (Phi) is 5.40. The van der Waals surface area contributed by atoms with Gasteiger partial charge in [0.15, 0.2) is 0 Å². The Bertz CT molecular complexity index is 615. The van der Waals surface area contributed by atoms with Gasteiger partial charge in [-0.3, -0.25) is 9.59 Å². The lowest BCUT2D eigenvalue weighted by molar-refractivity contribution is -0.143. The molecule has 0 radical (unpaired) electrons. The minimum atomic E-state index is -1.08.